The van der Waals surface area contributed by atoms with Crippen molar-refractivity contribution in [1.29, 1.82) is 0 Å². The topological polar surface area (TPSA) is 130 Å². The Morgan fingerprint density at radius 2 is 1.95 bits per heavy atom. The average Bonchev–Trinajstić information content (AvgIpc) is 2.93. The molecule has 1 aromatic carbocycles. The molecule has 1 aromatic heterocycles. The molecule has 0 amide bonds. The zero-order valence-electron chi connectivity index (χ0n) is 12.3. The predicted octanol–water partition coefficient (Wildman–Crippen LogP) is 0.702. The number of rotatable bonds is 5. The Morgan fingerprint density at radius 3 is 2.55 bits per heavy atom. The van der Waals surface area contributed by atoms with E-state index in [0.717, 1.165) is 17.9 Å². The minimum atomic E-state index is -0.131. The fraction of sp³-hybridized carbons (Fsp3) is 0.214. The molecule has 0 aliphatic heterocycles. The van der Waals surface area contributed by atoms with E-state index in [0.29, 0.717) is 12.3 Å². The van der Waals surface area contributed by atoms with Crippen molar-refractivity contribution in [2.75, 3.05) is 0 Å². The van der Waals surface area contributed by atoms with E-state index in [1.165, 1.54) is 0 Å². The summed E-state index contributed by atoms with van der Waals surface area (Å²) in [4.78, 5) is 7.69. The maximum absolute atomic E-state index is 5.67. The number of benzene rings is 1. The second kappa shape index (κ2) is 7.11. The van der Waals surface area contributed by atoms with Gasteiger partial charge in [-0.25, -0.2) is 4.99 Å². The highest BCUT2D eigenvalue weighted by Gasteiger charge is 2.00. The van der Waals surface area contributed by atoms with Crippen LogP contribution in [0.3, 0.4) is 0 Å². The van der Waals surface area contributed by atoms with Crippen molar-refractivity contribution in [3.05, 3.63) is 42.2 Å². The molecule has 0 bridgehead atoms. The van der Waals surface area contributed by atoms with Crippen LogP contribution < -0.4 is 21.9 Å². The van der Waals surface area contributed by atoms with Crippen LogP contribution in [-0.4, -0.2) is 21.7 Å². The molecule has 0 unspecified atom stereocenters. The Hall–Kier alpha value is -3.03. The molecule has 0 atom stereocenters. The number of aromatic nitrogens is 2. The summed E-state index contributed by atoms with van der Waals surface area (Å²) in [7, 11) is 0. The first kappa shape index (κ1) is 15.4. The molecule has 0 saturated carbocycles. The number of ether oxygens (including phenoxy) is 1. The van der Waals surface area contributed by atoms with E-state index >= 15 is 0 Å². The van der Waals surface area contributed by atoms with Crippen LogP contribution in [0, 0.1) is 0 Å². The SMILES string of the molecule is CCn1cc(COc2ccc(N=C(N)N=C(N)N)cc2)cn1. The highest BCUT2D eigenvalue weighted by molar-refractivity contribution is 5.93. The van der Waals surface area contributed by atoms with Gasteiger partial charge in [0.2, 0.25) is 5.96 Å². The number of hydrogen-bond acceptors (Lipinski definition) is 3. The number of nitrogens with zero attached hydrogens (tertiary/aromatic N) is 4. The lowest BCUT2D eigenvalue weighted by atomic mass is 10.3. The van der Waals surface area contributed by atoms with Gasteiger partial charge in [0.15, 0.2) is 5.96 Å². The van der Waals surface area contributed by atoms with E-state index in [1.807, 2.05) is 17.8 Å². The van der Waals surface area contributed by atoms with Crippen molar-refractivity contribution in [1.82, 2.24) is 9.78 Å². The summed E-state index contributed by atoms with van der Waals surface area (Å²) < 4.78 is 7.52. The average molecular weight is 301 g/mol. The van der Waals surface area contributed by atoms with Crippen LogP contribution in [0.1, 0.15) is 12.5 Å². The zero-order chi connectivity index (χ0) is 15.9. The fourth-order valence-corrected chi connectivity index (χ4v) is 1.73. The van der Waals surface area contributed by atoms with Crippen molar-refractivity contribution in [2.45, 2.75) is 20.1 Å². The van der Waals surface area contributed by atoms with Crippen LogP contribution in [0.4, 0.5) is 5.69 Å². The minimum Gasteiger partial charge on any atom is -0.489 e. The first-order valence-corrected chi connectivity index (χ1v) is 6.75. The second-order valence-electron chi connectivity index (χ2n) is 4.49. The number of nitrogens with two attached hydrogens (primary N) is 3. The van der Waals surface area contributed by atoms with Gasteiger partial charge in [0.1, 0.15) is 12.4 Å². The third-order valence-electron chi connectivity index (χ3n) is 2.74. The molecule has 0 saturated heterocycles. The standard InChI is InChI=1S/C14H19N7O/c1-2-21-8-10(7-18-21)9-22-12-5-3-11(4-6-12)19-14(17)20-13(15)16/h3-8H,2,9H2,1H3,(H6,15,16,17,19,20). The lowest BCUT2D eigenvalue weighted by molar-refractivity contribution is 0.306. The van der Waals surface area contributed by atoms with E-state index in [-0.39, 0.29) is 11.9 Å². The number of hydrogen-bond donors (Lipinski definition) is 3. The normalized spacial score (nSPS) is 11.2. The van der Waals surface area contributed by atoms with Gasteiger partial charge in [-0.3, -0.25) is 4.68 Å². The maximum atomic E-state index is 5.67. The van der Waals surface area contributed by atoms with Gasteiger partial charge in [-0.2, -0.15) is 10.1 Å². The number of aryl methyl sites for hydroxylation is 1. The van der Waals surface area contributed by atoms with Gasteiger partial charge in [0.05, 0.1) is 11.9 Å². The highest BCUT2D eigenvalue weighted by Crippen LogP contribution is 2.19. The van der Waals surface area contributed by atoms with Crippen LogP contribution in [-0.2, 0) is 13.2 Å². The van der Waals surface area contributed by atoms with Gasteiger partial charge in [-0.05, 0) is 31.2 Å². The molecule has 0 radical (unpaired) electrons. The summed E-state index contributed by atoms with van der Waals surface area (Å²) in [5.74, 6) is 0.595. The van der Waals surface area contributed by atoms with Crippen LogP contribution in [0.5, 0.6) is 5.75 Å². The Balaban J connectivity index is 1.95. The van der Waals surface area contributed by atoms with Crippen molar-refractivity contribution < 1.29 is 4.74 Å². The summed E-state index contributed by atoms with van der Waals surface area (Å²) in [6.45, 7) is 3.33. The Morgan fingerprint density at radius 1 is 1.23 bits per heavy atom. The monoisotopic (exact) mass is 301 g/mol. The quantitative estimate of drug-likeness (QED) is 0.553. The largest absolute Gasteiger partial charge is 0.489 e. The Labute approximate surface area is 128 Å². The van der Waals surface area contributed by atoms with E-state index in [2.05, 4.69) is 15.1 Å². The molecule has 0 fully saturated rings. The van der Waals surface area contributed by atoms with Gasteiger partial charge in [-0.15, -0.1) is 0 Å². The Kier molecular flexibility index (Phi) is 4.97. The minimum absolute atomic E-state index is 0.000600. The molecule has 2 rings (SSSR count). The molecule has 8 heteroatoms. The maximum Gasteiger partial charge on any atom is 0.223 e. The molecule has 0 aliphatic carbocycles. The van der Waals surface area contributed by atoms with E-state index in [9.17, 15) is 0 Å². The van der Waals surface area contributed by atoms with Crippen LogP contribution in [0.15, 0.2) is 46.6 Å². The van der Waals surface area contributed by atoms with Gasteiger partial charge < -0.3 is 21.9 Å². The van der Waals surface area contributed by atoms with Crippen molar-refractivity contribution >= 4 is 17.6 Å². The summed E-state index contributed by atoms with van der Waals surface area (Å²) in [5.41, 5.74) is 17.6. The third kappa shape index (κ3) is 4.51. The fourth-order valence-electron chi connectivity index (χ4n) is 1.73. The predicted molar refractivity (Wildman–Crippen MR) is 85.8 cm³/mol. The van der Waals surface area contributed by atoms with Gasteiger partial charge in [-0.1, -0.05) is 0 Å². The molecule has 0 spiro atoms. The first-order valence-electron chi connectivity index (χ1n) is 6.75. The smallest absolute Gasteiger partial charge is 0.223 e. The molecule has 116 valence electrons. The van der Waals surface area contributed by atoms with Crippen molar-refractivity contribution in [2.24, 2.45) is 27.2 Å². The second-order valence-corrected chi connectivity index (χ2v) is 4.49. The molecule has 6 N–H and O–H groups in total. The van der Waals surface area contributed by atoms with E-state index in [4.69, 9.17) is 21.9 Å². The molecule has 8 nitrogen and oxygen atoms in total. The Bertz CT molecular complexity index is 669. The first-order chi connectivity index (χ1) is 10.6. The lowest BCUT2D eigenvalue weighted by Gasteiger charge is -2.04. The van der Waals surface area contributed by atoms with Gasteiger partial charge in [0, 0.05) is 18.3 Å². The zero-order valence-corrected chi connectivity index (χ0v) is 12.3. The number of aliphatic imine (C=N–C) groups is 2. The molecule has 0 aliphatic rings. The summed E-state index contributed by atoms with van der Waals surface area (Å²) >= 11 is 0. The lowest BCUT2D eigenvalue weighted by Crippen LogP contribution is -2.26. The molecular weight excluding hydrogens is 282 g/mol. The van der Waals surface area contributed by atoms with Crippen molar-refractivity contribution in [3.63, 3.8) is 0 Å². The molecule has 2 aromatic rings. The van der Waals surface area contributed by atoms with Crippen LogP contribution >= 0.6 is 0 Å². The molecule has 1 heterocycles. The van der Waals surface area contributed by atoms with E-state index in [1.54, 1.807) is 30.5 Å². The molecular formula is C14H19N7O. The summed E-state index contributed by atoms with van der Waals surface area (Å²) in [6, 6.07) is 7.12. The van der Waals surface area contributed by atoms with E-state index < -0.39 is 0 Å². The van der Waals surface area contributed by atoms with Crippen LogP contribution in [0.25, 0.3) is 0 Å². The molecule has 22 heavy (non-hydrogen) atoms. The van der Waals surface area contributed by atoms with Gasteiger partial charge >= 0.3 is 0 Å². The van der Waals surface area contributed by atoms with Crippen LogP contribution in [0.2, 0.25) is 0 Å². The van der Waals surface area contributed by atoms with Gasteiger partial charge in [0.25, 0.3) is 0 Å². The third-order valence-corrected chi connectivity index (χ3v) is 2.74. The highest BCUT2D eigenvalue weighted by atomic mass is 16.5. The summed E-state index contributed by atoms with van der Waals surface area (Å²) in [6.07, 6.45) is 3.74. The van der Waals surface area contributed by atoms with Crippen molar-refractivity contribution in [3.8, 4) is 5.75 Å². The summed E-state index contributed by atoms with van der Waals surface area (Å²) in [5, 5.41) is 4.19. The number of guanidine groups is 2.